The summed E-state index contributed by atoms with van der Waals surface area (Å²) < 4.78 is 11.8. The van der Waals surface area contributed by atoms with Gasteiger partial charge in [-0.3, -0.25) is 0 Å². The van der Waals surface area contributed by atoms with E-state index in [4.69, 9.17) is 9.47 Å². The number of piperazine rings is 1. The van der Waals surface area contributed by atoms with E-state index in [1.54, 1.807) is 12.4 Å². The molecule has 3 heterocycles. The molecule has 0 unspecified atom stereocenters. The molecule has 1 saturated heterocycles. The number of fused-ring (bicyclic) bond motifs is 1. The summed E-state index contributed by atoms with van der Waals surface area (Å²) in [5, 5.41) is 7.46. The van der Waals surface area contributed by atoms with Crippen LogP contribution in [0.15, 0.2) is 42.7 Å². The largest absolute Gasteiger partial charge is 0.486 e. The summed E-state index contributed by atoms with van der Waals surface area (Å²) in [6, 6.07) is 9.95. The van der Waals surface area contributed by atoms with Gasteiger partial charge in [-0.15, -0.1) is 0 Å². The lowest BCUT2D eigenvalue weighted by Crippen LogP contribution is -2.44. The van der Waals surface area contributed by atoms with Gasteiger partial charge in [0.05, 0.1) is 5.52 Å². The van der Waals surface area contributed by atoms with Crippen molar-refractivity contribution in [2.75, 3.05) is 56.7 Å². The van der Waals surface area contributed by atoms with Crippen LogP contribution in [-0.2, 0) is 0 Å². The van der Waals surface area contributed by atoms with Crippen LogP contribution in [0.4, 0.5) is 11.6 Å². The molecule has 0 spiro atoms. The van der Waals surface area contributed by atoms with Crippen molar-refractivity contribution in [3.8, 4) is 11.6 Å². The number of rotatable bonds is 7. The Labute approximate surface area is 163 Å². The van der Waals surface area contributed by atoms with Gasteiger partial charge in [0.15, 0.2) is 17.4 Å². The lowest BCUT2D eigenvalue weighted by atomic mass is 10.2. The third-order valence-corrected chi connectivity index (χ3v) is 4.57. The lowest BCUT2D eigenvalue weighted by Gasteiger charge is -2.28. The molecule has 2 aromatic heterocycles. The second-order valence-corrected chi connectivity index (χ2v) is 6.40. The summed E-state index contributed by atoms with van der Waals surface area (Å²) in [5.41, 5.74) is 0.927. The van der Waals surface area contributed by atoms with Crippen molar-refractivity contribution >= 4 is 22.5 Å². The molecule has 0 atom stereocenters. The first kappa shape index (κ1) is 18.2. The highest BCUT2D eigenvalue weighted by molar-refractivity contribution is 5.82. The van der Waals surface area contributed by atoms with Crippen molar-refractivity contribution in [3.05, 3.63) is 42.7 Å². The highest BCUT2D eigenvalue weighted by Gasteiger charge is 2.17. The van der Waals surface area contributed by atoms with Gasteiger partial charge in [0.25, 0.3) is 5.88 Å². The first-order valence-corrected chi connectivity index (χ1v) is 9.45. The van der Waals surface area contributed by atoms with Crippen LogP contribution in [0.25, 0.3) is 10.9 Å². The van der Waals surface area contributed by atoms with E-state index >= 15 is 0 Å². The van der Waals surface area contributed by atoms with E-state index in [1.165, 1.54) is 0 Å². The number of hydrogen-bond donors (Lipinski definition) is 2. The maximum Gasteiger partial charge on any atom is 0.257 e. The Morgan fingerprint density at radius 2 is 1.86 bits per heavy atom. The molecule has 146 valence electrons. The smallest absolute Gasteiger partial charge is 0.257 e. The number of hydrogen-bond acceptors (Lipinski definition) is 8. The molecule has 0 saturated carbocycles. The van der Waals surface area contributed by atoms with Crippen molar-refractivity contribution in [2.45, 2.75) is 0 Å². The van der Waals surface area contributed by atoms with Crippen molar-refractivity contribution in [3.63, 3.8) is 0 Å². The fourth-order valence-corrected chi connectivity index (χ4v) is 3.19. The van der Waals surface area contributed by atoms with E-state index < -0.39 is 0 Å². The van der Waals surface area contributed by atoms with Crippen molar-refractivity contribution in [1.29, 1.82) is 0 Å². The van der Waals surface area contributed by atoms with Gasteiger partial charge in [-0.05, 0) is 12.1 Å². The molecule has 0 aliphatic carbocycles. The van der Waals surface area contributed by atoms with Gasteiger partial charge in [-0.1, -0.05) is 18.2 Å². The van der Waals surface area contributed by atoms with E-state index in [-0.39, 0.29) is 0 Å². The Morgan fingerprint density at radius 3 is 2.71 bits per heavy atom. The molecule has 1 aromatic carbocycles. The fourth-order valence-electron chi connectivity index (χ4n) is 3.19. The number of ether oxygens (including phenoxy) is 2. The van der Waals surface area contributed by atoms with Crippen LogP contribution in [-0.4, -0.2) is 61.4 Å². The highest BCUT2D eigenvalue weighted by Crippen LogP contribution is 2.27. The molecule has 0 bridgehead atoms. The third-order valence-electron chi connectivity index (χ3n) is 4.57. The summed E-state index contributed by atoms with van der Waals surface area (Å²) in [5.74, 6) is 2.73. The molecule has 8 heteroatoms. The van der Waals surface area contributed by atoms with Gasteiger partial charge in [0.1, 0.15) is 13.2 Å². The topological polar surface area (TPSA) is 84.4 Å². The van der Waals surface area contributed by atoms with Crippen molar-refractivity contribution in [1.82, 2.24) is 20.3 Å². The Balaban J connectivity index is 1.39. The summed E-state index contributed by atoms with van der Waals surface area (Å²) in [7, 11) is 1.83. The van der Waals surface area contributed by atoms with Crippen LogP contribution in [0, 0.1) is 0 Å². The third kappa shape index (κ3) is 4.07. The van der Waals surface area contributed by atoms with E-state index in [2.05, 4.69) is 30.5 Å². The van der Waals surface area contributed by atoms with Crippen LogP contribution in [0.5, 0.6) is 11.6 Å². The number of anilines is 2. The monoisotopic (exact) mass is 380 g/mol. The van der Waals surface area contributed by atoms with Crippen LogP contribution < -0.4 is 25.0 Å². The molecule has 3 aromatic rings. The van der Waals surface area contributed by atoms with E-state index in [0.717, 1.165) is 42.9 Å². The summed E-state index contributed by atoms with van der Waals surface area (Å²) in [4.78, 5) is 15.6. The Kier molecular flexibility index (Phi) is 5.67. The molecule has 1 fully saturated rings. The fraction of sp³-hybridized carbons (Fsp3) is 0.350. The van der Waals surface area contributed by atoms with Gasteiger partial charge in [0, 0.05) is 51.0 Å². The molecule has 1 aliphatic heterocycles. The highest BCUT2D eigenvalue weighted by atomic mass is 16.5. The molecular formula is C20H24N6O2. The Hall–Kier alpha value is -3.13. The summed E-state index contributed by atoms with van der Waals surface area (Å²) >= 11 is 0. The maximum absolute atomic E-state index is 5.92. The number of nitrogens with zero attached hydrogens (tertiary/aromatic N) is 4. The number of benzene rings is 1. The second kappa shape index (κ2) is 8.71. The predicted molar refractivity (Wildman–Crippen MR) is 109 cm³/mol. The number of nitrogens with one attached hydrogen (secondary N) is 2. The first-order valence-electron chi connectivity index (χ1n) is 9.45. The van der Waals surface area contributed by atoms with Crippen LogP contribution in [0.3, 0.4) is 0 Å². The zero-order chi connectivity index (χ0) is 19.2. The zero-order valence-corrected chi connectivity index (χ0v) is 15.9. The van der Waals surface area contributed by atoms with E-state index in [1.807, 2.05) is 37.4 Å². The normalized spacial score (nSPS) is 14.1. The minimum atomic E-state index is 0.369. The Morgan fingerprint density at radius 1 is 1.07 bits per heavy atom. The average molecular weight is 380 g/mol. The van der Waals surface area contributed by atoms with Gasteiger partial charge in [-0.2, -0.15) is 0 Å². The molecule has 4 rings (SSSR count). The molecule has 0 amide bonds. The minimum absolute atomic E-state index is 0.369. The van der Waals surface area contributed by atoms with Gasteiger partial charge >= 0.3 is 0 Å². The SMILES string of the molecule is CNc1nc2ccccc2cc1OCCOc1nccnc1N1CCNCC1. The van der Waals surface area contributed by atoms with Crippen LogP contribution in [0.2, 0.25) is 0 Å². The molecule has 0 radical (unpaired) electrons. The first-order chi connectivity index (χ1) is 13.8. The van der Waals surface area contributed by atoms with Crippen molar-refractivity contribution in [2.24, 2.45) is 0 Å². The quantitative estimate of drug-likeness (QED) is 0.602. The number of aromatic nitrogens is 3. The Bertz CT molecular complexity index is 929. The van der Waals surface area contributed by atoms with Crippen LogP contribution >= 0.6 is 0 Å². The minimum Gasteiger partial charge on any atom is -0.486 e. The standard InChI is InChI=1S/C20H24N6O2/c1-21-18-17(14-15-4-2-3-5-16(15)25-18)27-12-13-28-20-19(23-6-7-24-20)26-10-8-22-9-11-26/h2-7,14,22H,8-13H2,1H3,(H,21,25). The van der Waals surface area contributed by atoms with Crippen LogP contribution in [0.1, 0.15) is 0 Å². The average Bonchev–Trinajstić information content (AvgIpc) is 2.77. The summed E-state index contributed by atoms with van der Waals surface area (Å²) in [6.45, 7) is 4.39. The molecule has 28 heavy (non-hydrogen) atoms. The predicted octanol–water partition coefficient (Wildman–Crippen LogP) is 1.93. The lowest BCUT2D eigenvalue weighted by molar-refractivity contribution is 0.212. The van der Waals surface area contributed by atoms with Gasteiger partial charge < -0.3 is 25.0 Å². The molecule has 1 aliphatic rings. The number of para-hydroxylation sites is 1. The zero-order valence-electron chi connectivity index (χ0n) is 15.9. The van der Waals surface area contributed by atoms with Gasteiger partial charge in [-0.25, -0.2) is 15.0 Å². The summed E-state index contributed by atoms with van der Waals surface area (Å²) in [6.07, 6.45) is 3.34. The molecule has 8 nitrogen and oxygen atoms in total. The molecule has 2 N–H and O–H groups in total. The van der Waals surface area contributed by atoms with E-state index in [9.17, 15) is 0 Å². The maximum atomic E-state index is 5.92. The van der Waals surface area contributed by atoms with E-state index in [0.29, 0.717) is 30.7 Å². The number of pyridine rings is 1. The second-order valence-electron chi connectivity index (χ2n) is 6.40. The van der Waals surface area contributed by atoms with Crippen molar-refractivity contribution < 1.29 is 9.47 Å². The molecular weight excluding hydrogens is 356 g/mol. The van der Waals surface area contributed by atoms with Gasteiger partial charge in [0.2, 0.25) is 0 Å².